The highest BCUT2D eigenvalue weighted by atomic mass is 32.1. The van der Waals surface area contributed by atoms with Crippen LogP contribution in [-0.4, -0.2) is 19.3 Å². The molecule has 3 aromatic rings. The van der Waals surface area contributed by atoms with Gasteiger partial charge in [0.15, 0.2) is 10.4 Å². The molecule has 0 radical (unpaired) electrons. The lowest BCUT2D eigenvalue weighted by Gasteiger charge is -2.07. The van der Waals surface area contributed by atoms with E-state index in [0.717, 1.165) is 29.1 Å². The summed E-state index contributed by atoms with van der Waals surface area (Å²) >= 11 is 5.40. The first kappa shape index (κ1) is 13.1. The van der Waals surface area contributed by atoms with Crippen molar-refractivity contribution in [3.63, 3.8) is 0 Å². The van der Waals surface area contributed by atoms with Crippen LogP contribution in [0.4, 0.5) is 4.39 Å². The number of benzene rings is 1. The summed E-state index contributed by atoms with van der Waals surface area (Å²) in [5, 5.41) is 4.48. The first-order valence-corrected chi connectivity index (χ1v) is 6.88. The van der Waals surface area contributed by atoms with Crippen LogP contribution in [0.25, 0.3) is 16.9 Å². The van der Waals surface area contributed by atoms with Crippen LogP contribution < -0.4 is 0 Å². The van der Waals surface area contributed by atoms with Crippen LogP contribution in [0.2, 0.25) is 0 Å². The zero-order chi connectivity index (χ0) is 14.4. The Balaban J connectivity index is 2.37. The molecule has 0 aliphatic heterocycles. The van der Waals surface area contributed by atoms with Crippen molar-refractivity contribution in [1.82, 2.24) is 19.3 Å². The quantitative estimate of drug-likeness (QED) is 0.731. The van der Waals surface area contributed by atoms with Gasteiger partial charge in [0, 0.05) is 6.54 Å². The van der Waals surface area contributed by atoms with Crippen molar-refractivity contribution in [1.29, 1.82) is 0 Å². The summed E-state index contributed by atoms with van der Waals surface area (Å²) in [6, 6.07) is 4.99. The molecule has 0 aliphatic carbocycles. The smallest absolute Gasteiger partial charge is 0.184 e. The summed E-state index contributed by atoms with van der Waals surface area (Å²) in [6.07, 6.45) is 0. The van der Waals surface area contributed by atoms with Gasteiger partial charge in [0.2, 0.25) is 0 Å². The van der Waals surface area contributed by atoms with Crippen LogP contribution >= 0.6 is 12.2 Å². The number of hydrogen-bond acceptors (Lipinski definition) is 2. The van der Waals surface area contributed by atoms with E-state index in [1.54, 1.807) is 19.1 Å². The highest BCUT2D eigenvalue weighted by Gasteiger charge is 2.15. The van der Waals surface area contributed by atoms with Gasteiger partial charge in [-0.3, -0.25) is 4.57 Å². The molecule has 20 heavy (non-hydrogen) atoms. The van der Waals surface area contributed by atoms with E-state index >= 15 is 0 Å². The number of aryl methyl sites for hydroxylation is 3. The van der Waals surface area contributed by atoms with Crippen molar-refractivity contribution in [3.8, 4) is 5.69 Å². The largest absolute Gasteiger partial charge is 0.327 e. The standard InChI is InChI=1S/C14H15FN4S/c1-4-18-13-12(9(3)17-18)16-14(20)19(13)10-5-6-11(15)8(2)7-10/h5-7H,4H2,1-3H3,(H,16,20). The molecule has 6 heteroatoms. The van der Waals surface area contributed by atoms with Crippen LogP contribution in [0.15, 0.2) is 18.2 Å². The van der Waals surface area contributed by atoms with E-state index in [0.29, 0.717) is 10.3 Å². The fourth-order valence-corrected chi connectivity index (χ4v) is 2.72. The number of aromatic nitrogens is 4. The van der Waals surface area contributed by atoms with Crippen LogP contribution in [0.3, 0.4) is 0 Å². The van der Waals surface area contributed by atoms with E-state index in [4.69, 9.17) is 12.2 Å². The summed E-state index contributed by atoms with van der Waals surface area (Å²) in [5.74, 6) is -0.216. The van der Waals surface area contributed by atoms with Gasteiger partial charge in [0.05, 0.1) is 11.4 Å². The predicted octanol–water partition coefficient (Wildman–Crippen LogP) is 3.66. The Bertz CT molecular complexity index is 856. The number of nitrogens with one attached hydrogen (secondary N) is 1. The van der Waals surface area contributed by atoms with Crippen LogP contribution in [0.1, 0.15) is 18.2 Å². The summed E-state index contributed by atoms with van der Waals surface area (Å²) in [7, 11) is 0. The van der Waals surface area contributed by atoms with Crippen molar-refractivity contribution in [3.05, 3.63) is 40.0 Å². The zero-order valence-electron chi connectivity index (χ0n) is 11.6. The molecule has 0 unspecified atom stereocenters. The van der Waals surface area contributed by atoms with Gasteiger partial charge in [-0.15, -0.1) is 0 Å². The van der Waals surface area contributed by atoms with Gasteiger partial charge < -0.3 is 4.98 Å². The molecule has 0 bridgehead atoms. The average molecular weight is 290 g/mol. The molecule has 0 amide bonds. The van der Waals surface area contributed by atoms with Crippen molar-refractivity contribution < 1.29 is 4.39 Å². The summed E-state index contributed by atoms with van der Waals surface area (Å²) < 4.78 is 17.8. The number of fused-ring (bicyclic) bond motifs is 1. The van der Waals surface area contributed by atoms with Crippen molar-refractivity contribution >= 4 is 23.4 Å². The highest BCUT2D eigenvalue weighted by molar-refractivity contribution is 7.71. The maximum atomic E-state index is 13.4. The number of halogens is 1. The fourth-order valence-electron chi connectivity index (χ4n) is 2.43. The van der Waals surface area contributed by atoms with Crippen LogP contribution in [0, 0.1) is 24.4 Å². The lowest BCUT2D eigenvalue weighted by Crippen LogP contribution is -2.04. The Labute approximate surface area is 120 Å². The number of aromatic amines is 1. The van der Waals surface area contributed by atoms with Gasteiger partial charge in [-0.05, 0) is 56.8 Å². The zero-order valence-corrected chi connectivity index (χ0v) is 12.4. The SMILES string of the molecule is CCn1nc(C)c2[nH]c(=S)n(-c3ccc(F)c(C)c3)c21. The molecule has 2 aromatic heterocycles. The molecule has 4 nitrogen and oxygen atoms in total. The number of imidazole rings is 1. The van der Waals surface area contributed by atoms with E-state index in [2.05, 4.69) is 10.1 Å². The second kappa shape index (κ2) is 4.56. The molecule has 0 saturated heterocycles. The Morgan fingerprint density at radius 2 is 2.10 bits per heavy atom. The number of H-pyrrole nitrogens is 1. The number of hydrogen-bond donors (Lipinski definition) is 1. The lowest BCUT2D eigenvalue weighted by molar-refractivity contribution is 0.617. The number of nitrogens with zero attached hydrogens (tertiary/aromatic N) is 3. The summed E-state index contributed by atoms with van der Waals surface area (Å²) in [4.78, 5) is 3.18. The van der Waals surface area contributed by atoms with Crippen LogP contribution in [0.5, 0.6) is 0 Å². The lowest BCUT2D eigenvalue weighted by atomic mass is 10.2. The van der Waals surface area contributed by atoms with Crippen molar-refractivity contribution in [2.45, 2.75) is 27.3 Å². The third kappa shape index (κ3) is 1.79. The maximum absolute atomic E-state index is 13.4. The van der Waals surface area contributed by atoms with Gasteiger partial charge in [-0.25, -0.2) is 9.07 Å². The van der Waals surface area contributed by atoms with Gasteiger partial charge in [-0.2, -0.15) is 5.10 Å². The minimum Gasteiger partial charge on any atom is -0.327 e. The molecular weight excluding hydrogens is 275 g/mol. The molecular formula is C14H15FN4S. The summed E-state index contributed by atoms with van der Waals surface area (Å²) in [5.41, 5.74) is 4.19. The third-order valence-corrected chi connectivity index (χ3v) is 3.73. The Morgan fingerprint density at radius 1 is 1.35 bits per heavy atom. The van der Waals surface area contributed by atoms with Crippen molar-refractivity contribution in [2.24, 2.45) is 0 Å². The molecule has 0 fully saturated rings. The monoisotopic (exact) mass is 290 g/mol. The van der Waals surface area contributed by atoms with E-state index in [1.807, 2.05) is 23.1 Å². The Hall–Kier alpha value is -1.95. The second-order valence-corrected chi connectivity index (χ2v) is 5.19. The van der Waals surface area contributed by atoms with E-state index < -0.39 is 0 Å². The van der Waals surface area contributed by atoms with Crippen molar-refractivity contribution in [2.75, 3.05) is 0 Å². The minimum atomic E-state index is -0.216. The maximum Gasteiger partial charge on any atom is 0.184 e. The molecule has 3 rings (SSSR count). The van der Waals surface area contributed by atoms with Gasteiger partial charge in [0.1, 0.15) is 11.3 Å². The molecule has 2 heterocycles. The first-order chi connectivity index (χ1) is 9.52. The molecule has 0 saturated carbocycles. The Kier molecular flexibility index (Phi) is 2.97. The topological polar surface area (TPSA) is 38.5 Å². The molecule has 0 atom stereocenters. The second-order valence-electron chi connectivity index (χ2n) is 4.80. The minimum absolute atomic E-state index is 0.216. The molecule has 104 valence electrons. The van der Waals surface area contributed by atoms with E-state index in [1.165, 1.54) is 6.07 Å². The molecule has 1 aromatic carbocycles. The van der Waals surface area contributed by atoms with E-state index in [-0.39, 0.29) is 5.82 Å². The van der Waals surface area contributed by atoms with Gasteiger partial charge >= 0.3 is 0 Å². The predicted molar refractivity (Wildman–Crippen MR) is 79.4 cm³/mol. The molecule has 0 spiro atoms. The fraction of sp³-hybridized carbons (Fsp3) is 0.286. The third-order valence-electron chi connectivity index (χ3n) is 3.45. The highest BCUT2D eigenvalue weighted by Crippen LogP contribution is 2.23. The number of rotatable bonds is 2. The van der Waals surface area contributed by atoms with Gasteiger partial charge in [-0.1, -0.05) is 0 Å². The Morgan fingerprint density at radius 3 is 2.75 bits per heavy atom. The molecule has 0 aliphatic rings. The van der Waals surface area contributed by atoms with Gasteiger partial charge in [0.25, 0.3) is 0 Å². The normalized spacial score (nSPS) is 11.4. The van der Waals surface area contributed by atoms with Crippen LogP contribution in [-0.2, 0) is 6.54 Å². The van der Waals surface area contributed by atoms with E-state index in [9.17, 15) is 4.39 Å². The summed E-state index contributed by atoms with van der Waals surface area (Å²) in [6.45, 7) is 6.47. The molecule has 1 N–H and O–H groups in total. The average Bonchev–Trinajstić information content (AvgIpc) is 2.90. The first-order valence-electron chi connectivity index (χ1n) is 6.47.